The van der Waals surface area contributed by atoms with Gasteiger partial charge in [-0.05, 0) is 64.4 Å². The zero-order valence-corrected chi connectivity index (χ0v) is 16.6. The molecule has 4 rings (SSSR count). The van der Waals surface area contributed by atoms with Gasteiger partial charge in [-0.25, -0.2) is 4.99 Å². The molecule has 1 aliphatic rings. The van der Waals surface area contributed by atoms with Crippen molar-refractivity contribution in [2.24, 2.45) is 4.99 Å². The van der Waals surface area contributed by atoms with Crippen molar-refractivity contribution in [1.29, 1.82) is 0 Å². The summed E-state index contributed by atoms with van der Waals surface area (Å²) in [5, 5.41) is 12.1. The van der Waals surface area contributed by atoms with E-state index in [0.29, 0.717) is 21.3 Å². The molecule has 0 aliphatic carbocycles. The number of amidine groups is 1. The summed E-state index contributed by atoms with van der Waals surface area (Å²) >= 11 is 1.27. The zero-order chi connectivity index (χ0) is 20.9. The van der Waals surface area contributed by atoms with Crippen LogP contribution < -0.4 is 5.32 Å². The van der Waals surface area contributed by atoms with Crippen LogP contribution in [0.5, 0.6) is 0 Å². The largest absolute Gasteiger partial charge is 0.481 e. The Morgan fingerprint density at radius 1 is 1.00 bits per heavy atom. The first kappa shape index (κ1) is 19.6. The van der Waals surface area contributed by atoms with Crippen molar-refractivity contribution in [2.45, 2.75) is 6.42 Å². The van der Waals surface area contributed by atoms with Crippen molar-refractivity contribution in [3.8, 4) is 11.1 Å². The summed E-state index contributed by atoms with van der Waals surface area (Å²) < 4.78 is 0. The molecule has 0 atom stereocenters. The van der Waals surface area contributed by atoms with Gasteiger partial charge >= 0.3 is 5.97 Å². The second kappa shape index (κ2) is 8.75. The number of carboxylic acids is 1. The SMILES string of the molecule is O=C(O)Cc1ccc(N=C2NC(=O)/C(=C/c3ccc(-c4ccncc4)cc3)S2)cc1. The van der Waals surface area contributed by atoms with E-state index in [-0.39, 0.29) is 12.3 Å². The van der Waals surface area contributed by atoms with Gasteiger partial charge in [0.25, 0.3) is 5.91 Å². The number of nitrogens with zero attached hydrogens (tertiary/aromatic N) is 2. The van der Waals surface area contributed by atoms with Gasteiger partial charge in [0.1, 0.15) is 0 Å². The van der Waals surface area contributed by atoms with Gasteiger partial charge in [0, 0.05) is 12.4 Å². The molecule has 1 fully saturated rings. The summed E-state index contributed by atoms with van der Waals surface area (Å²) in [4.78, 5) is 32.1. The average molecular weight is 415 g/mol. The fourth-order valence-electron chi connectivity index (χ4n) is 2.93. The van der Waals surface area contributed by atoms with Gasteiger partial charge in [0.05, 0.1) is 17.0 Å². The zero-order valence-electron chi connectivity index (χ0n) is 15.8. The highest BCUT2D eigenvalue weighted by atomic mass is 32.2. The highest BCUT2D eigenvalue weighted by Gasteiger charge is 2.23. The van der Waals surface area contributed by atoms with Crippen molar-refractivity contribution in [3.05, 3.63) is 89.1 Å². The number of aliphatic imine (C=N–C) groups is 1. The number of aliphatic carboxylic acids is 1. The molecule has 2 aromatic carbocycles. The summed E-state index contributed by atoms with van der Waals surface area (Å²) in [5.41, 5.74) is 4.43. The molecule has 0 bridgehead atoms. The minimum Gasteiger partial charge on any atom is -0.481 e. The van der Waals surface area contributed by atoms with Crippen LogP contribution in [0, 0.1) is 0 Å². The smallest absolute Gasteiger partial charge is 0.307 e. The summed E-state index contributed by atoms with van der Waals surface area (Å²) in [6, 6.07) is 18.7. The average Bonchev–Trinajstić information content (AvgIpc) is 3.09. The summed E-state index contributed by atoms with van der Waals surface area (Å²) in [7, 11) is 0. The monoisotopic (exact) mass is 415 g/mol. The van der Waals surface area contributed by atoms with Gasteiger partial charge in [-0.1, -0.05) is 36.4 Å². The van der Waals surface area contributed by atoms with Crippen molar-refractivity contribution >= 4 is 40.6 Å². The van der Waals surface area contributed by atoms with E-state index in [2.05, 4.69) is 15.3 Å². The normalized spacial score (nSPS) is 16.1. The Hall–Kier alpha value is -3.71. The number of benzene rings is 2. The predicted octanol–water partition coefficient (Wildman–Crippen LogP) is 4.27. The van der Waals surface area contributed by atoms with Crippen LogP contribution in [-0.4, -0.2) is 27.1 Å². The highest BCUT2D eigenvalue weighted by molar-refractivity contribution is 8.18. The molecule has 0 saturated carbocycles. The van der Waals surface area contributed by atoms with Crippen molar-refractivity contribution < 1.29 is 14.7 Å². The van der Waals surface area contributed by atoms with E-state index in [0.717, 1.165) is 16.7 Å². The molecule has 3 aromatic rings. The first-order valence-electron chi connectivity index (χ1n) is 9.17. The lowest BCUT2D eigenvalue weighted by molar-refractivity contribution is -0.136. The lowest BCUT2D eigenvalue weighted by atomic mass is 10.1. The molecule has 0 radical (unpaired) electrons. The Morgan fingerprint density at radius 2 is 1.67 bits per heavy atom. The summed E-state index contributed by atoms with van der Waals surface area (Å²) in [5.74, 6) is -1.07. The molecule has 2 N–H and O–H groups in total. The Bertz CT molecular complexity index is 1140. The number of carboxylic acid groups (broad SMARTS) is 1. The number of hydrogen-bond donors (Lipinski definition) is 2. The van der Waals surface area contributed by atoms with Crippen LogP contribution in [-0.2, 0) is 16.0 Å². The maximum absolute atomic E-state index is 12.3. The van der Waals surface area contributed by atoms with Gasteiger partial charge in [-0.2, -0.15) is 0 Å². The maximum atomic E-state index is 12.3. The summed E-state index contributed by atoms with van der Waals surface area (Å²) in [6.07, 6.45) is 5.31. The number of nitrogens with one attached hydrogen (secondary N) is 1. The topological polar surface area (TPSA) is 91.6 Å². The van der Waals surface area contributed by atoms with E-state index in [1.807, 2.05) is 42.5 Å². The molecule has 148 valence electrons. The van der Waals surface area contributed by atoms with E-state index in [1.54, 1.807) is 36.7 Å². The number of hydrogen-bond acceptors (Lipinski definition) is 5. The number of carbonyl (C=O) groups excluding carboxylic acids is 1. The molecule has 2 heterocycles. The Balaban J connectivity index is 1.47. The van der Waals surface area contributed by atoms with Gasteiger partial charge in [0.15, 0.2) is 5.17 Å². The first-order chi connectivity index (χ1) is 14.6. The fraction of sp³-hybridized carbons (Fsp3) is 0.0435. The van der Waals surface area contributed by atoms with Crippen LogP contribution in [0.15, 0.2) is 83.0 Å². The van der Waals surface area contributed by atoms with E-state index in [4.69, 9.17) is 5.11 Å². The van der Waals surface area contributed by atoms with Crippen LogP contribution in [0.25, 0.3) is 17.2 Å². The van der Waals surface area contributed by atoms with Crippen LogP contribution in [0.3, 0.4) is 0 Å². The van der Waals surface area contributed by atoms with Gasteiger partial charge in [-0.3, -0.25) is 14.6 Å². The Kier molecular flexibility index (Phi) is 5.72. The van der Waals surface area contributed by atoms with Gasteiger partial charge in [-0.15, -0.1) is 0 Å². The third-order valence-electron chi connectivity index (χ3n) is 4.40. The lowest BCUT2D eigenvalue weighted by Gasteiger charge is -2.02. The predicted molar refractivity (Wildman–Crippen MR) is 118 cm³/mol. The molecule has 1 aromatic heterocycles. The second-order valence-corrected chi connectivity index (χ2v) is 7.61. The highest BCUT2D eigenvalue weighted by Crippen LogP contribution is 2.29. The van der Waals surface area contributed by atoms with E-state index in [1.165, 1.54) is 11.8 Å². The number of carbonyl (C=O) groups is 2. The van der Waals surface area contributed by atoms with Crippen molar-refractivity contribution in [2.75, 3.05) is 0 Å². The number of pyridine rings is 1. The molecule has 0 spiro atoms. The van der Waals surface area contributed by atoms with E-state index >= 15 is 0 Å². The first-order valence-corrected chi connectivity index (χ1v) is 9.99. The van der Waals surface area contributed by atoms with E-state index in [9.17, 15) is 9.59 Å². The van der Waals surface area contributed by atoms with Crippen LogP contribution in [0.1, 0.15) is 11.1 Å². The molecule has 30 heavy (non-hydrogen) atoms. The number of amides is 1. The number of thioether (sulfide) groups is 1. The van der Waals surface area contributed by atoms with Gasteiger partial charge in [0.2, 0.25) is 0 Å². The molecular weight excluding hydrogens is 398 g/mol. The van der Waals surface area contributed by atoms with Crippen molar-refractivity contribution in [3.63, 3.8) is 0 Å². The number of aromatic nitrogens is 1. The Morgan fingerprint density at radius 3 is 2.33 bits per heavy atom. The third-order valence-corrected chi connectivity index (χ3v) is 5.31. The van der Waals surface area contributed by atoms with Crippen LogP contribution >= 0.6 is 11.8 Å². The van der Waals surface area contributed by atoms with Crippen LogP contribution in [0.2, 0.25) is 0 Å². The third kappa shape index (κ3) is 4.82. The maximum Gasteiger partial charge on any atom is 0.307 e. The Labute approximate surface area is 177 Å². The molecule has 1 saturated heterocycles. The minimum absolute atomic E-state index is 0.0326. The molecule has 1 amide bonds. The standard InChI is InChI=1S/C23H17N3O3S/c27-21(28)14-16-3-7-19(8-4-16)25-23-26-22(29)20(30-23)13-15-1-5-17(6-2-15)18-9-11-24-12-10-18/h1-13H,14H2,(H,27,28)(H,25,26,29)/b20-13-. The molecular formula is C23H17N3O3S. The van der Waals surface area contributed by atoms with E-state index < -0.39 is 5.97 Å². The quantitative estimate of drug-likeness (QED) is 0.607. The second-order valence-electron chi connectivity index (χ2n) is 6.58. The van der Waals surface area contributed by atoms with Crippen LogP contribution in [0.4, 0.5) is 5.69 Å². The fourth-order valence-corrected chi connectivity index (χ4v) is 3.77. The molecule has 1 aliphatic heterocycles. The minimum atomic E-state index is -0.878. The van der Waals surface area contributed by atoms with Gasteiger partial charge < -0.3 is 10.4 Å². The number of rotatable bonds is 5. The lowest BCUT2D eigenvalue weighted by Crippen LogP contribution is -2.19. The molecule has 0 unspecified atom stereocenters. The van der Waals surface area contributed by atoms with Crippen molar-refractivity contribution in [1.82, 2.24) is 10.3 Å². The summed E-state index contributed by atoms with van der Waals surface area (Å²) in [6.45, 7) is 0. The molecule has 7 heteroatoms. The molecule has 6 nitrogen and oxygen atoms in total.